The summed E-state index contributed by atoms with van der Waals surface area (Å²) in [4.78, 5) is 44.1. The van der Waals surface area contributed by atoms with Gasteiger partial charge in [0.2, 0.25) is 5.91 Å². The number of carbonyl (C=O) groups is 3. The second kappa shape index (κ2) is 9.29. The molecule has 4 rings (SSSR count). The van der Waals surface area contributed by atoms with E-state index >= 15 is 0 Å². The molecule has 1 aromatic heterocycles. The van der Waals surface area contributed by atoms with Crippen LogP contribution < -0.4 is 5.32 Å². The van der Waals surface area contributed by atoms with Gasteiger partial charge in [-0.2, -0.15) is 0 Å². The van der Waals surface area contributed by atoms with Gasteiger partial charge in [0.05, 0.1) is 22.5 Å². The Hall–Kier alpha value is -2.56. The van der Waals surface area contributed by atoms with Crippen molar-refractivity contribution in [2.24, 2.45) is 0 Å². The normalized spacial score (nSPS) is 20.5. The Morgan fingerprint density at radius 1 is 1.35 bits per heavy atom. The highest BCUT2D eigenvalue weighted by Crippen LogP contribution is 2.43. The first-order chi connectivity index (χ1) is 15.0. The number of fused-ring (bicyclic) bond motifs is 1. The van der Waals surface area contributed by atoms with Crippen molar-refractivity contribution in [1.82, 2.24) is 15.2 Å². The predicted molar refractivity (Wildman–Crippen MR) is 123 cm³/mol. The lowest BCUT2D eigenvalue weighted by molar-refractivity contribution is -0.150. The van der Waals surface area contributed by atoms with Crippen LogP contribution in [0.2, 0.25) is 0 Å². The molecule has 0 aliphatic carbocycles. The minimum atomic E-state index is -1.14. The lowest BCUT2D eigenvalue weighted by Crippen LogP contribution is -2.70. The van der Waals surface area contributed by atoms with Gasteiger partial charge in [-0.05, 0) is 24.0 Å². The SMILES string of the molecule is Cc1ncsc1/C=C\SC1=C(C(=O)O)N2C(=O)[C@@H](NC(=O)Cc3ccccc3)[C@H]2SC1. The van der Waals surface area contributed by atoms with Gasteiger partial charge >= 0.3 is 5.97 Å². The standard InChI is InChI=1S/C21H19N3O4S3/c1-12-14(31-11-22-12)7-8-29-15-10-30-20-17(19(26)24(20)18(15)21(27)28)23-16(25)9-13-5-3-2-4-6-13/h2-8,11,17,20H,9-10H2,1H3,(H,23,25)(H,27,28)/b8-7-/t17-,20-/m1/s1. The van der Waals surface area contributed by atoms with Crippen LogP contribution >= 0.6 is 34.9 Å². The molecule has 2 N–H and O–H groups in total. The Kier molecular flexibility index (Phi) is 6.49. The fourth-order valence-corrected chi connectivity index (χ4v) is 6.45. The molecule has 0 radical (unpaired) electrons. The van der Waals surface area contributed by atoms with Gasteiger partial charge in [-0.3, -0.25) is 14.5 Å². The Bertz CT molecular complexity index is 1080. The summed E-state index contributed by atoms with van der Waals surface area (Å²) in [6.07, 6.45) is 2.07. The number of carboxylic acid groups (broad SMARTS) is 1. The highest BCUT2D eigenvalue weighted by molar-refractivity contribution is 8.08. The number of amides is 2. The fraction of sp³-hybridized carbons (Fsp3) is 0.238. The molecular formula is C21H19N3O4S3. The molecule has 0 spiro atoms. The summed E-state index contributed by atoms with van der Waals surface area (Å²) in [7, 11) is 0. The van der Waals surface area contributed by atoms with Crippen molar-refractivity contribution in [2.75, 3.05) is 5.75 Å². The van der Waals surface area contributed by atoms with E-state index in [1.807, 2.05) is 48.7 Å². The van der Waals surface area contributed by atoms with E-state index in [1.165, 1.54) is 39.8 Å². The number of aromatic nitrogens is 1. The van der Waals surface area contributed by atoms with Gasteiger partial charge in [0.15, 0.2) is 0 Å². The van der Waals surface area contributed by atoms with Crippen molar-refractivity contribution < 1.29 is 19.5 Å². The van der Waals surface area contributed by atoms with E-state index in [-0.39, 0.29) is 18.0 Å². The zero-order valence-corrected chi connectivity index (χ0v) is 18.9. The van der Waals surface area contributed by atoms with Crippen molar-refractivity contribution in [1.29, 1.82) is 0 Å². The maximum absolute atomic E-state index is 12.7. The van der Waals surface area contributed by atoms with Gasteiger partial charge in [0.25, 0.3) is 5.91 Å². The predicted octanol–water partition coefficient (Wildman–Crippen LogP) is 3.09. The smallest absolute Gasteiger partial charge is 0.353 e. The van der Waals surface area contributed by atoms with Gasteiger partial charge in [0, 0.05) is 10.7 Å². The largest absolute Gasteiger partial charge is 0.477 e. The van der Waals surface area contributed by atoms with E-state index in [1.54, 1.807) is 5.51 Å². The summed E-state index contributed by atoms with van der Waals surface area (Å²) < 4.78 is 0. The number of hydrogen-bond donors (Lipinski definition) is 2. The van der Waals surface area contributed by atoms with Crippen LogP contribution in [-0.4, -0.2) is 49.9 Å². The molecule has 3 heterocycles. The van der Waals surface area contributed by atoms with Crippen LogP contribution in [0.3, 0.4) is 0 Å². The number of nitrogens with one attached hydrogen (secondary N) is 1. The Morgan fingerprint density at radius 3 is 2.81 bits per heavy atom. The number of β-lactam (4-membered cyclic amide) rings is 1. The third-order valence-electron chi connectivity index (χ3n) is 4.87. The number of benzene rings is 1. The lowest BCUT2D eigenvalue weighted by Gasteiger charge is -2.49. The molecule has 0 bridgehead atoms. The quantitative estimate of drug-likeness (QED) is 0.596. The molecule has 1 aromatic carbocycles. The second-order valence-electron chi connectivity index (χ2n) is 6.92. The number of carbonyl (C=O) groups excluding carboxylic acids is 2. The molecule has 160 valence electrons. The molecule has 2 aromatic rings. The fourth-order valence-electron chi connectivity index (χ4n) is 3.34. The van der Waals surface area contributed by atoms with Crippen molar-refractivity contribution in [3.8, 4) is 0 Å². The average Bonchev–Trinajstić information content (AvgIpc) is 3.16. The molecule has 1 fully saturated rings. The molecule has 0 unspecified atom stereocenters. The van der Waals surface area contributed by atoms with Crippen molar-refractivity contribution in [3.05, 3.63) is 68.0 Å². The maximum Gasteiger partial charge on any atom is 0.353 e. The van der Waals surface area contributed by atoms with Crippen LogP contribution in [0.15, 0.2) is 51.9 Å². The van der Waals surface area contributed by atoms with Crippen molar-refractivity contribution >= 4 is 58.7 Å². The minimum Gasteiger partial charge on any atom is -0.477 e. The number of nitrogens with zero attached hydrogens (tertiary/aromatic N) is 2. The molecule has 2 amide bonds. The third kappa shape index (κ3) is 4.56. The summed E-state index contributed by atoms with van der Waals surface area (Å²) in [5.74, 6) is -1.33. The maximum atomic E-state index is 12.7. The van der Waals surface area contributed by atoms with E-state index in [4.69, 9.17) is 0 Å². The molecule has 2 atom stereocenters. The topological polar surface area (TPSA) is 99.6 Å². The zero-order valence-electron chi connectivity index (χ0n) is 16.5. The van der Waals surface area contributed by atoms with E-state index in [0.29, 0.717) is 10.7 Å². The average molecular weight is 474 g/mol. The first-order valence-electron chi connectivity index (χ1n) is 9.43. The van der Waals surface area contributed by atoms with Crippen LogP contribution in [0, 0.1) is 6.92 Å². The molecular weight excluding hydrogens is 454 g/mol. The third-order valence-corrected chi connectivity index (χ3v) is 8.13. The molecule has 7 nitrogen and oxygen atoms in total. The van der Waals surface area contributed by atoms with E-state index in [0.717, 1.165) is 16.1 Å². The zero-order chi connectivity index (χ0) is 22.0. The van der Waals surface area contributed by atoms with Gasteiger partial charge in [-0.1, -0.05) is 42.1 Å². The Labute approximate surface area is 191 Å². The van der Waals surface area contributed by atoms with Crippen LogP contribution in [-0.2, 0) is 20.8 Å². The first kappa shape index (κ1) is 21.7. The number of aryl methyl sites for hydroxylation is 1. The van der Waals surface area contributed by atoms with E-state index < -0.39 is 23.3 Å². The summed E-state index contributed by atoms with van der Waals surface area (Å²) in [6, 6.07) is 8.56. The summed E-state index contributed by atoms with van der Waals surface area (Å²) in [5, 5.41) is 13.9. The number of aliphatic carboxylic acids is 1. The number of rotatable bonds is 7. The highest BCUT2D eigenvalue weighted by Gasteiger charge is 2.54. The number of carboxylic acids is 1. The Morgan fingerprint density at radius 2 is 2.13 bits per heavy atom. The first-order valence-corrected chi connectivity index (χ1v) is 12.2. The summed E-state index contributed by atoms with van der Waals surface area (Å²) in [6.45, 7) is 1.91. The molecule has 1 saturated heterocycles. The van der Waals surface area contributed by atoms with Crippen LogP contribution in [0.5, 0.6) is 0 Å². The second-order valence-corrected chi connectivity index (χ2v) is 9.91. The number of thiazole rings is 1. The monoisotopic (exact) mass is 473 g/mol. The minimum absolute atomic E-state index is 0.00187. The molecule has 0 saturated carbocycles. The molecule has 10 heteroatoms. The van der Waals surface area contributed by atoms with E-state index in [9.17, 15) is 19.5 Å². The van der Waals surface area contributed by atoms with Gasteiger partial charge in [-0.25, -0.2) is 9.78 Å². The van der Waals surface area contributed by atoms with Crippen LogP contribution in [0.25, 0.3) is 6.08 Å². The van der Waals surface area contributed by atoms with Gasteiger partial charge in [-0.15, -0.1) is 23.1 Å². The molecule has 31 heavy (non-hydrogen) atoms. The van der Waals surface area contributed by atoms with E-state index in [2.05, 4.69) is 10.3 Å². The number of thioether (sulfide) groups is 2. The molecule has 2 aliphatic rings. The van der Waals surface area contributed by atoms with Gasteiger partial charge in [0.1, 0.15) is 17.1 Å². The number of hydrogen-bond acceptors (Lipinski definition) is 7. The summed E-state index contributed by atoms with van der Waals surface area (Å²) >= 11 is 4.26. The highest BCUT2D eigenvalue weighted by atomic mass is 32.2. The molecule has 2 aliphatic heterocycles. The van der Waals surface area contributed by atoms with Crippen molar-refractivity contribution in [3.63, 3.8) is 0 Å². The van der Waals surface area contributed by atoms with Gasteiger partial charge < -0.3 is 10.4 Å². The van der Waals surface area contributed by atoms with Crippen LogP contribution in [0.1, 0.15) is 16.1 Å². The Balaban J connectivity index is 1.44. The van der Waals surface area contributed by atoms with Crippen LogP contribution in [0.4, 0.5) is 0 Å². The lowest BCUT2D eigenvalue weighted by atomic mass is 10.0. The summed E-state index contributed by atoms with van der Waals surface area (Å²) in [5.41, 5.74) is 3.53. The van der Waals surface area contributed by atoms with Crippen molar-refractivity contribution in [2.45, 2.75) is 24.8 Å².